The largest absolute Gasteiger partial charge is 0.389 e. The number of carbonyl (C=O) groups is 1. The first kappa shape index (κ1) is 15.3. The van der Waals surface area contributed by atoms with Gasteiger partial charge in [-0.15, -0.1) is 0 Å². The molecule has 3 aliphatic heterocycles. The molecule has 2 atom stereocenters. The number of unbranched alkanes of at least 4 members (excludes halogenated alkanes) is 2. The molecule has 2 unspecified atom stereocenters. The highest BCUT2D eigenvalue weighted by molar-refractivity contribution is 6.05. The second kappa shape index (κ2) is 5.89. The molecule has 120 valence electrons. The molecule has 3 heterocycles. The summed E-state index contributed by atoms with van der Waals surface area (Å²) in [5.74, 6) is 1.13. The molecule has 0 aromatic rings. The number of hydrogen-bond donors (Lipinski definition) is 2. The molecule has 1 amide bonds. The van der Waals surface area contributed by atoms with E-state index in [2.05, 4.69) is 22.5 Å². The number of amidine groups is 1. The third-order valence-electron chi connectivity index (χ3n) is 4.65. The molecule has 2 N–H and O–H groups in total. The van der Waals surface area contributed by atoms with Crippen molar-refractivity contribution in [1.29, 1.82) is 0 Å². The van der Waals surface area contributed by atoms with E-state index in [-0.39, 0.29) is 16.5 Å². The van der Waals surface area contributed by atoms with Crippen LogP contribution in [0.3, 0.4) is 0 Å². The predicted octanol–water partition coefficient (Wildman–Crippen LogP) is 1.17. The molecule has 0 spiro atoms. The van der Waals surface area contributed by atoms with Crippen LogP contribution < -0.4 is 10.6 Å². The standard InChI is InChI=1S/C15H25N5O2/c1-3-5-6-7-12-15(21)20(8-4-2)14(18-12)11-9-16-10-17-13(11)19(20)22/h12,16-17H,3-10H2,1-2H3/q+2. The summed E-state index contributed by atoms with van der Waals surface area (Å²) in [6.45, 7) is 5.77. The van der Waals surface area contributed by atoms with Crippen molar-refractivity contribution in [3.63, 3.8) is 0 Å². The fourth-order valence-corrected chi connectivity index (χ4v) is 3.60. The molecule has 7 nitrogen and oxygen atoms in total. The summed E-state index contributed by atoms with van der Waals surface area (Å²) in [7, 11) is 0. The van der Waals surface area contributed by atoms with Crippen LogP contribution in [0.2, 0.25) is 0 Å². The Bertz CT molecular complexity index is 568. The van der Waals surface area contributed by atoms with Gasteiger partial charge in [-0.05, 0) is 22.3 Å². The first-order chi connectivity index (χ1) is 10.7. The maximum atomic E-state index is 13.0. The highest BCUT2D eigenvalue weighted by Gasteiger charge is 2.68. The number of quaternary nitrogens is 1. The van der Waals surface area contributed by atoms with Gasteiger partial charge < -0.3 is 0 Å². The smallest absolute Gasteiger partial charge is 0.277 e. The molecule has 0 saturated heterocycles. The van der Waals surface area contributed by atoms with Gasteiger partial charge in [0, 0.05) is 6.54 Å². The van der Waals surface area contributed by atoms with Gasteiger partial charge in [-0.1, -0.05) is 33.1 Å². The number of nitrogens with one attached hydrogen (secondary N) is 2. The number of carbonyl (C=O) groups excluding carboxylic acids is 1. The number of rotatable bonds is 6. The number of fused-ring (bicyclic) bond motifs is 2. The Morgan fingerprint density at radius 2 is 2.14 bits per heavy atom. The minimum Gasteiger partial charge on any atom is -0.277 e. The molecule has 0 aliphatic carbocycles. The van der Waals surface area contributed by atoms with E-state index in [4.69, 9.17) is 0 Å². The van der Waals surface area contributed by atoms with Gasteiger partial charge in [-0.3, -0.25) is 10.6 Å². The number of aliphatic imine (C=N–C) groups is 1. The highest BCUT2D eigenvalue weighted by atomic mass is 16.4. The molecule has 3 aliphatic rings. The summed E-state index contributed by atoms with van der Waals surface area (Å²) in [6, 6.07) is -0.361. The number of nitrogens with zero attached hydrogens (tertiary/aromatic N) is 3. The van der Waals surface area contributed by atoms with E-state index in [0.29, 0.717) is 31.4 Å². The SMILES string of the molecule is CCCCCC1N=C2C3=C(NCNC3)[N+](=O)[N+]2(CCC)C1=O. The summed E-state index contributed by atoms with van der Waals surface area (Å²) in [5, 5.41) is 6.26. The van der Waals surface area contributed by atoms with Gasteiger partial charge in [0.2, 0.25) is 0 Å². The summed E-state index contributed by atoms with van der Waals surface area (Å²) in [6.07, 6.45) is 4.71. The molecule has 3 rings (SSSR count). The second-order valence-electron chi connectivity index (χ2n) is 6.18. The summed E-state index contributed by atoms with van der Waals surface area (Å²) >= 11 is 0. The van der Waals surface area contributed by atoms with Crippen molar-refractivity contribution < 1.29 is 14.3 Å². The molecule has 0 fully saturated rings. The van der Waals surface area contributed by atoms with E-state index in [1.807, 2.05) is 6.92 Å². The normalized spacial score (nSPS) is 30.3. The second-order valence-corrected chi connectivity index (χ2v) is 6.18. The Kier molecular flexibility index (Phi) is 4.10. The van der Waals surface area contributed by atoms with Crippen LogP contribution in [0.5, 0.6) is 0 Å². The Balaban J connectivity index is 1.95. The maximum absolute atomic E-state index is 13.0. The zero-order valence-corrected chi connectivity index (χ0v) is 13.4. The third kappa shape index (κ3) is 2.03. The lowest BCUT2D eigenvalue weighted by Crippen LogP contribution is -2.58. The van der Waals surface area contributed by atoms with Gasteiger partial charge in [0.15, 0.2) is 16.5 Å². The van der Waals surface area contributed by atoms with Gasteiger partial charge >= 0.3 is 11.7 Å². The minimum absolute atomic E-state index is 0.0563. The Morgan fingerprint density at radius 3 is 2.86 bits per heavy atom. The van der Waals surface area contributed by atoms with Crippen LogP contribution in [0, 0.1) is 4.91 Å². The van der Waals surface area contributed by atoms with Crippen LogP contribution in [-0.2, 0) is 4.79 Å². The van der Waals surface area contributed by atoms with Gasteiger partial charge in [-0.2, -0.15) is 0 Å². The predicted molar refractivity (Wildman–Crippen MR) is 82.4 cm³/mol. The van der Waals surface area contributed by atoms with Crippen molar-refractivity contribution in [2.24, 2.45) is 4.99 Å². The first-order valence-corrected chi connectivity index (χ1v) is 8.33. The maximum Gasteiger partial charge on any atom is 0.389 e. The van der Waals surface area contributed by atoms with Crippen LogP contribution in [0.25, 0.3) is 0 Å². The van der Waals surface area contributed by atoms with Crippen LogP contribution in [0.1, 0.15) is 46.0 Å². The fraction of sp³-hybridized carbons (Fsp3) is 0.733. The average molecular weight is 307 g/mol. The minimum atomic E-state index is -0.361. The van der Waals surface area contributed by atoms with Gasteiger partial charge in [0.25, 0.3) is 5.84 Å². The average Bonchev–Trinajstić information content (AvgIpc) is 2.93. The first-order valence-electron chi connectivity index (χ1n) is 8.33. The van der Waals surface area contributed by atoms with Crippen LogP contribution >= 0.6 is 0 Å². The van der Waals surface area contributed by atoms with Crippen molar-refractivity contribution in [2.45, 2.75) is 52.0 Å². The van der Waals surface area contributed by atoms with E-state index in [9.17, 15) is 9.70 Å². The van der Waals surface area contributed by atoms with E-state index >= 15 is 0 Å². The molecular weight excluding hydrogens is 282 g/mol. The highest BCUT2D eigenvalue weighted by Crippen LogP contribution is 2.36. The zero-order chi connectivity index (χ0) is 15.7. The van der Waals surface area contributed by atoms with E-state index in [0.717, 1.165) is 42.5 Å². The number of nitroso groups, excluding NO2 is 1. The van der Waals surface area contributed by atoms with Crippen LogP contribution in [0.4, 0.5) is 0 Å². The number of hydrogen-bond acceptors (Lipinski definition) is 5. The van der Waals surface area contributed by atoms with Gasteiger partial charge in [0.1, 0.15) is 13.2 Å². The van der Waals surface area contributed by atoms with E-state index in [1.165, 1.54) is 0 Å². The Labute approximate surface area is 130 Å². The van der Waals surface area contributed by atoms with E-state index in [1.54, 1.807) is 0 Å². The number of amides is 1. The molecule has 7 heteroatoms. The zero-order valence-electron chi connectivity index (χ0n) is 13.4. The van der Waals surface area contributed by atoms with Gasteiger partial charge in [0.05, 0.1) is 0 Å². The lowest BCUT2D eigenvalue weighted by atomic mass is 10.1. The third-order valence-corrected chi connectivity index (χ3v) is 4.65. The quantitative estimate of drug-likeness (QED) is 0.439. The monoisotopic (exact) mass is 307 g/mol. The van der Waals surface area contributed by atoms with Crippen molar-refractivity contribution >= 4 is 11.7 Å². The summed E-state index contributed by atoms with van der Waals surface area (Å²) in [4.78, 5) is 31.4. The molecule has 0 saturated carbocycles. The van der Waals surface area contributed by atoms with Crippen molar-refractivity contribution in [3.05, 3.63) is 16.3 Å². The lowest BCUT2D eigenvalue weighted by molar-refractivity contribution is -1.22. The van der Waals surface area contributed by atoms with Crippen molar-refractivity contribution in [1.82, 2.24) is 10.6 Å². The fourth-order valence-electron chi connectivity index (χ4n) is 3.60. The topological polar surface area (TPSA) is 73.6 Å². The summed E-state index contributed by atoms with van der Waals surface area (Å²) < 4.78 is -0.257. The molecule has 0 aromatic carbocycles. The van der Waals surface area contributed by atoms with E-state index < -0.39 is 0 Å². The Hall–Kier alpha value is -1.60. The summed E-state index contributed by atoms with van der Waals surface area (Å²) in [5.41, 5.74) is 0.862. The lowest BCUT2D eigenvalue weighted by Gasteiger charge is -2.19. The molecule has 0 aromatic heterocycles. The van der Waals surface area contributed by atoms with Crippen LogP contribution in [0.15, 0.2) is 16.4 Å². The van der Waals surface area contributed by atoms with Gasteiger partial charge in [-0.25, -0.2) is 9.79 Å². The molecule has 0 bridgehead atoms. The molecule has 22 heavy (non-hydrogen) atoms. The molecular formula is C15H25N5O2+2. The van der Waals surface area contributed by atoms with Crippen molar-refractivity contribution in [2.75, 3.05) is 19.8 Å². The van der Waals surface area contributed by atoms with Crippen molar-refractivity contribution in [3.8, 4) is 0 Å². The Morgan fingerprint density at radius 1 is 1.32 bits per heavy atom. The van der Waals surface area contributed by atoms with Crippen LogP contribution in [-0.4, -0.2) is 47.0 Å². The molecule has 0 radical (unpaired) electrons.